The lowest BCUT2D eigenvalue weighted by Crippen LogP contribution is -2.30. The molecule has 0 radical (unpaired) electrons. The second kappa shape index (κ2) is 55.9. The van der Waals surface area contributed by atoms with Crippen molar-refractivity contribution in [1.29, 1.82) is 0 Å². The molecule has 0 aliphatic heterocycles. The van der Waals surface area contributed by atoms with Crippen molar-refractivity contribution >= 4 is 39.5 Å². The van der Waals surface area contributed by atoms with Crippen molar-refractivity contribution in [3.8, 4) is 0 Å². The summed E-state index contributed by atoms with van der Waals surface area (Å²) < 4.78 is 67.8. The molecule has 5 atom stereocenters. The molecule has 0 spiro atoms. The Morgan fingerprint density at radius 1 is 0.333 bits per heavy atom. The van der Waals surface area contributed by atoms with E-state index in [4.69, 9.17) is 37.0 Å². The molecule has 480 valence electrons. The standard InChI is InChI=1S/C62H120O17P2/c1-6-9-12-15-18-21-26-31-36-41-46-60(65)73-52-58(79-62(67)48-43-38-33-28-24-23-25-29-34-39-44-55(4)5)54-77-81(70,71)75-50-56(63)49-74-80(68,69)76-53-57(51-72-59(64)45-40-35-30-20-17-14-11-8-3)78-61(66)47-42-37-32-27-22-19-16-13-10-7-2/h55-58,63H,6-54H2,1-5H3,(H,68,69)(H,70,71)/t56-,57+,58+/m0/s1. The van der Waals surface area contributed by atoms with Crippen LogP contribution >= 0.6 is 15.6 Å². The number of hydrogen-bond acceptors (Lipinski definition) is 15. The first kappa shape index (κ1) is 79.1. The van der Waals surface area contributed by atoms with Crippen molar-refractivity contribution in [1.82, 2.24) is 0 Å². The molecule has 2 unspecified atom stereocenters. The molecule has 0 saturated heterocycles. The molecule has 0 aromatic heterocycles. The third-order valence-corrected chi connectivity index (χ3v) is 16.2. The van der Waals surface area contributed by atoms with Gasteiger partial charge in [-0.05, 0) is 31.6 Å². The summed E-state index contributed by atoms with van der Waals surface area (Å²) in [5.74, 6) is -1.39. The van der Waals surface area contributed by atoms with Crippen LogP contribution in [0.1, 0.15) is 311 Å². The smallest absolute Gasteiger partial charge is 0.462 e. The van der Waals surface area contributed by atoms with Crippen LogP contribution in [0.5, 0.6) is 0 Å². The van der Waals surface area contributed by atoms with Crippen molar-refractivity contribution in [2.75, 3.05) is 39.6 Å². The highest BCUT2D eigenvalue weighted by Gasteiger charge is 2.30. The lowest BCUT2D eigenvalue weighted by atomic mass is 10.0. The summed E-state index contributed by atoms with van der Waals surface area (Å²) in [5.41, 5.74) is 0. The third kappa shape index (κ3) is 56.9. The molecule has 0 fully saturated rings. The molecular weight excluding hydrogens is 1080 g/mol. The predicted molar refractivity (Wildman–Crippen MR) is 322 cm³/mol. The van der Waals surface area contributed by atoms with Gasteiger partial charge in [0.2, 0.25) is 0 Å². The second-order valence-corrected chi connectivity index (χ2v) is 25.8. The van der Waals surface area contributed by atoms with E-state index in [0.717, 1.165) is 102 Å². The molecule has 17 nitrogen and oxygen atoms in total. The van der Waals surface area contributed by atoms with E-state index < -0.39 is 97.5 Å². The summed E-state index contributed by atoms with van der Waals surface area (Å²) in [5, 5.41) is 10.5. The minimum Gasteiger partial charge on any atom is -0.462 e. The zero-order valence-electron chi connectivity index (χ0n) is 51.9. The number of carbonyl (C=O) groups is 4. The summed E-state index contributed by atoms with van der Waals surface area (Å²) in [6.45, 7) is 7.13. The Kier molecular flexibility index (Phi) is 54.6. The van der Waals surface area contributed by atoms with Gasteiger partial charge in [0.15, 0.2) is 12.2 Å². The number of aliphatic hydroxyl groups excluding tert-OH is 1. The number of aliphatic hydroxyl groups is 1. The van der Waals surface area contributed by atoms with Gasteiger partial charge in [-0.3, -0.25) is 37.3 Å². The number of esters is 4. The zero-order chi connectivity index (χ0) is 59.9. The number of hydrogen-bond donors (Lipinski definition) is 3. The highest BCUT2D eigenvalue weighted by atomic mass is 31.2. The molecule has 0 heterocycles. The van der Waals surface area contributed by atoms with Gasteiger partial charge in [-0.2, -0.15) is 0 Å². The molecule has 0 aliphatic rings. The molecule has 19 heteroatoms. The topological polar surface area (TPSA) is 237 Å². The zero-order valence-corrected chi connectivity index (χ0v) is 53.7. The van der Waals surface area contributed by atoms with E-state index >= 15 is 0 Å². The number of carbonyl (C=O) groups excluding carboxylic acids is 4. The second-order valence-electron chi connectivity index (χ2n) is 22.9. The molecule has 0 aromatic rings. The first-order valence-electron chi connectivity index (χ1n) is 32.6. The number of phosphoric ester groups is 2. The van der Waals surface area contributed by atoms with Crippen LogP contribution in [-0.4, -0.2) is 96.7 Å². The molecule has 0 aliphatic carbocycles. The molecule has 81 heavy (non-hydrogen) atoms. The van der Waals surface area contributed by atoms with Crippen LogP contribution in [0.15, 0.2) is 0 Å². The third-order valence-electron chi connectivity index (χ3n) is 14.3. The summed E-state index contributed by atoms with van der Waals surface area (Å²) in [6.07, 6.45) is 38.9. The van der Waals surface area contributed by atoms with E-state index in [-0.39, 0.29) is 25.7 Å². The average molecular weight is 1200 g/mol. The maximum absolute atomic E-state index is 12.9. The molecule has 0 rings (SSSR count). The summed E-state index contributed by atoms with van der Waals surface area (Å²) in [7, 11) is -9.88. The quantitative estimate of drug-likeness (QED) is 0.0222. The lowest BCUT2D eigenvalue weighted by Gasteiger charge is -2.21. The van der Waals surface area contributed by atoms with Gasteiger partial charge in [0.25, 0.3) is 0 Å². The van der Waals surface area contributed by atoms with Gasteiger partial charge in [0.05, 0.1) is 26.4 Å². The van der Waals surface area contributed by atoms with Crippen molar-refractivity contribution in [3.05, 3.63) is 0 Å². The summed E-state index contributed by atoms with van der Waals surface area (Å²) in [6, 6.07) is 0. The monoisotopic (exact) mass is 1200 g/mol. The fourth-order valence-electron chi connectivity index (χ4n) is 9.23. The van der Waals surface area contributed by atoms with Crippen LogP contribution in [0.25, 0.3) is 0 Å². The Morgan fingerprint density at radius 3 is 0.840 bits per heavy atom. The van der Waals surface area contributed by atoms with Gasteiger partial charge in [-0.25, -0.2) is 9.13 Å². The van der Waals surface area contributed by atoms with E-state index in [1.165, 1.54) is 128 Å². The number of rotatable bonds is 62. The van der Waals surface area contributed by atoms with E-state index in [9.17, 15) is 43.2 Å². The number of unbranched alkanes of at least 4 members (excludes halogenated alkanes) is 34. The first-order valence-corrected chi connectivity index (χ1v) is 35.6. The van der Waals surface area contributed by atoms with Crippen LogP contribution in [0.2, 0.25) is 0 Å². The van der Waals surface area contributed by atoms with Crippen LogP contribution in [0.4, 0.5) is 0 Å². The van der Waals surface area contributed by atoms with Gasteiger partial charge < -0.3 is 33.8 Å². The molecule has 3 N–H and O–H groups in total. The lowest BCUT2D eigenvalue weighted by molar-refractivity contribution is -0.161. The van der Waals surface area contributed by atoms with Crippen molar-refractivity contribution < 1.29 is 80.2 Å². The van der Waals surface area contributed by atoms with Gasteiger partial charge in [-0.1, -0.05) is 259 Å². The Bertz CT molecular complexity index is 1580. The maximum atomic E-state index is 12.9. The Morgan fingerprint density at radius 2 is 0.568 bits per heavy atom. The number of ether oxygens (including phenoxy) is 4. The Balaban J connectivity index is 5.22. The fourth-order valence-corrected chi connectivity index (χ4v) is 10.8. The average Bonchev–Trinajstić information content (AvgIpc) is 3.44. The summed E-state index contributed by atoms with van der Waals surface area (Å²) in [4.78, 5) is 72.0. The van der Waals surface area contributed by atoms with E-state index in [1.807, 2.05) is 0 Å². The Labute approximate surface area is 492 Å². The predicted octanol–water partition coefficient (Wildman–Crippen LogP) is 17.0. The van der Waals surface area contributed by atoms with Gasteiger partial charge in [0.1, 0.15) is 19.3 Å². The van der Waals surface area contributed by atoms with Gasteiger partial charge >= 0.3 is 39.5 Å². The van der Waals surface area contributed by atoms with Crippen LogP contribution < -0.4 is 0 Å². The van der Waals surface area contributed by atoms with Crippen LogP contribution in [0.3, 0.4) is 0 Å². The van der Waals surface area contributed by atoms with Crippen molar-refractivity contribution in [2.24, 2.45) is 5.92 Å². The van der Waals surface area contributed by atoms with E-state index in [0.29, 0.717) is 25.7 Å². The van der Waals surface area contributed by atoms with Crippen molar-refractivity contribution in [2.45, 2.75) is 329 Å². The molecular formula is C62H120O17P2. The highest BCUT2D eigenvalue weighted by Crippen LogP contribution is 2.45. The molecule has 0 aromatic carbocycles. The summed E-state index contributed by atoms with van der Waals surface area (Å²) >= 11 is 0. The number of phosphoric acid groups is 2. The largest absolute Gasteiger partial charge is 0.472 e. The minimum atomic E-state index is -4.94. The van der Waals surface area contributed by atoms with Gasteiger partial charge in [0, 0.05) is 25.7 Å². The highest BCUT2D eigenvalue weighted by molar-refractivity contribution is 7.47. The van der Waals surface area contributed by atoms with Crippen LogP contribution in [-0.2, 0) is 65.4 Å². The van der Waals surface area contributed by atoms with Crippen LogP contribution in [0, 0.1) is 5.92 Å². The molecule has 0 bridgehead atoms. The van der Waals surface area contributed by atoms with E-state index in [2.05, 4.69) is 34.6 Å². The normalized spacial score (nSPS) is 14.3. The van der Waals surface area contributed by atoms with Gasteiger partial charge in [-0.15, -0.1) is 0 Å². The fraction of sp³-hybridized carbons (Fsp3) is 0.935. The van der Waals surface area contributed by atoms with E-state index in [1.54, 1.807) is 0 Å². The minimum absolute atomic E-state index is 0.106. The Hall–Kier alpha value is -1.94. The SMILES string of the molecule is CCCCCCCCCCCCC(=O)OC[C@H](COP(=O)(O)OC[C@@H](O)COP(=O)(O)OC[C@@H](COC(=O)CCCCCCCCCC)OC(=O)CCCCCCCCCCCC)OC(=O)CCCCCCCCCCCCC(C)C. The molecule has 0 saturated carbocycles. The maximum Gasteiger partial charge on any atom is 0.472 e. The molecule has 0 amide bonds. The van der Waals surface area contributed by atoms with Crippen molar-refractivity contribution in [3.63, 3.8) is 0 Å². The first-order chi connectivity index (χ1) is 39.0.